The molecule has 0 fully saturated rings. The molecule has 1 rings (SSSR count). The summed E-state index contributed by atoms with van der Waals surface area (Å²) in [5.41, 5.74) is 0.544. The van der Waals surface area contributed by atoms with E-state index in [1.54, 1.807) is 19.2 Å². The number of carboxylic acids is 1. The van der Waals surface area contributed by atoms with E-state index < -0.39 is 5.97 Å². The lowest BCUT2D eigenvalue weighted by molar-refractivity contribution is 0.0697. The van der Waals surface area contributed by atoms with Crippen molar-refractivity contribution in [2.45, 2.75) is 6.42 Å². The van der Waals surface area contributed by atoms with Crippen LogP contribution in [0.3, 0.4) is 0 Å². The molecule has 0 aromatic heterocycles. The number of hydrogen-bond donors (Lipinski definition) is 2. The molecule has 0 saturated carbocycles. The van der Waals surface area contributed by atoms with Crippen molar-refractivity contribution in [1.29, 1.82) is 0 Å². The Morgan fingerprint density at radius 2 is 2.21 bits per heavy atom. The fourth-order valence-electron chi connectivity index (χ4n) is 1.35. The topological polar surface area (TPSA) is 69.6 Å². The van der Waals surface area contributed by atoms with Gasteiger partial charge in [0.2, 0.25) is 0 Å². The molecule has 0 unspecified atom stereocenters. The van der Waals surface area contributed by atoms with Crippen molar-refractivity contribution in [3.05, 3.63) is 40.9 Å². The number of nitrogens with one attached hydrogen (secondary N) is 1. The lowest BCUT2D eigenvalue weighted by atomic mass is 10.2. The quantitative estimate of drug-likeness (QED) is 0.816. The van der Waals surface area contributed by atoms with Crippen molar-refractivity contribution in [2.24, 2.45) is 0 Å². The Labute approximate surface area is 120 Å². The van der Waals surface area contributed by atoms with E-state index in [1.807, 2.05) is 0 Å². The number of urea groups is 1. The van der Waals surface area contributed by atoms with Crippen LogP contribution in [0.25, 0.3) is 0 Å². The molecule has 0 aliphatic heterocycles. The Morgan fingerprint density at radius 1 is 1.53 bits per heavy atom. The molecule has 1 aromatic rings. The van der Waals surface area contributed by atoms with Crippen LogP contribution in [0.5, 0.6) is 0 Å². The van der Waals surface area contributed by atoms with Gasteiger partial charge in [0.05, 0.1) is 11.3 Å². The van der Waals surface area contributed by atoms with Crippen LogP contribution in [0.2, 0.25) is 0 Å². The van der Waals surface area contributed by atoms with Gasteiger partial charge in [-0.05, 0) is 40.5 Å². The first-order valence-corrected chi connectivity index (χ1v) is 6.41. The first-order chi connectivity index (χ1) is 8.95. The molecule has 1 aromatic carbocycles. The molecule has 2 amide bonds. The van der Waals surface area contributed by atoms with Crippen molar-refractivity contribution in [3.8, 4) is 0 Å². The number of carboxylic acid groups (broad SMARTS) is 1. The lowest BCUT2D eigenvalue weighted by Crippen LogP contribution is -2.32. The summed E-state index contributed by atoms with van der Waals surface area (Å²) >= 11 is 3.27. The number of nitrogens with zero attached hydrogens (tertiary/aromatic N) is 1. The Morgan fingerprint density at radius 3 is 2.79 bits per heavy atom. The number of halogens is 1. The summed E-state index contributed by atoms with van der Waals surface area (Å²) < 4.78 is 0.628. The molecule has 0 bridgehead atoms. The van der Waals surface area contributed by atoms with Gasteiger partial charge in [0.15, 0.2) is 0 Å². The molecule has 0 atom stereocenters. The fraction of sp³-hybridized carbons (Fsp3) is 0.231. The minimum atomic E-state index is -1.04. The average Bonchev–Trinajstić information content (AvgIpc) is 2.38. The minimum Gasteiger partial charge on any atom is -0.478 e. The number of hydrogen-bond acceptors (Lipinski definition) is 2. The van der Waals surface area contributed by atoms with Gasteiger partial charge in [-0.1, -0.05) is 6.08 Å². The Bertz CT molecular complexity index is 503. The zero-order chi connectivity index (χ0) is 14.4. The molecule has 0 aliphatic rings. The van der Waals surface area contributed by atoms with Crippen LogP contribution >= 0.6 is 15.9 Å². The zero-order valence-electron chi connectivity index (χ0n) is 10.5. The van der Waals surface area contributed by atoms with Gasteiger partial charge < -0.3 is 15.3 Å². The van der Waals surface area contributed by atoms with Crippen LogP contribution in [0.1, 0.15) is 16.8 Å². The maximum Gasteiger partial charge on any atom is 0.335 e. The Hall–Kier alpha value is -1.82. The maximum atomic E-state index is 11.9. The number of carbonyl (C=O) groups is 2. The highest BCUT2D eigenvalue weighted by atomic mass is 79.9. The predicted octanol–water partition coefficient (Wildman–Crippen LogP) is 3.19. The normalized spacial score (nSPS) is 9.79. The van der Waals surface area contributed by atoms with Crippen LogP contribution in [-0.4, -0.2) is 35.6 Å². The SMILES string of the molecule is C=CCCN(C)C(=O)Nc1cc(C(=O)O)ccc1Br. The second kappa shape index (κ2) is 6.94. The minimum absolute atomic E-state index is 0.118. The van der Waals surface area contributed by atoms with Crippen molar-refractivity contribution >= 4 is 33.6 Å². The molecule has 19 heavy (non-hydrogen) atoms. The van der Waals surface area contributed by atoms with Gasteiger partial charge in [0.1, 0.15) is 0 Å². The summed E-state index contributed by atoms with van der Waals surface area (Å²) in [6.07, 6.45) is 2.42. The second-order valence-corrected chi connectivity index (χ2v) is 4.78. The molecule has 0 aliphatic carbocycles. The van der Waals surface area contributed by atoms with Crippen molar-refractivity contribution < 1.29 is 14.7 Å². The maximum absolute atomic E-state index is 11.9. The van der Waals surface area contributed by atoms with Gasteiger partial charge in [0.25, 0.3) is 0 Å². The third-order valence-corrected chi connectivity index (χ3v) is 3.16. The standard InChI is InChI=1S/C13H15BrN2O3/c1-3-4-7-16(2)13(19)15-11-8-9(12(17)18)5-6-10(11)14/h3,5-6,8H,1,4,7H2,2H3,(H,15,19)(H,17,18). The molecule has 0 saturated heterocycles. The second-order valence-electron chi connectivity index (χ2n) is 3.93. The van der Waals surface area contributed by atoms with E-state index in [0.29, 0.717) is 23.1 Å². The van der Waals surface area contributed by atoms with Gasteiger partial charge in [0, 0.05) is 18.1 Å². The highest BCUT2D eigenvalue weighted by molar-refractivity contribution is 9.10. The molecular weight excluding hydrogens is 312 g/mol. The van der Waals surface area contributed by atoms with Crippen LogP contribution in [0.15, 0.2) is 35.3 Å². The highest BCUT2D eigenvalue weighted by Crippen LogP contribution is 2.24. The summed E-state index contributed by atoms with van der Waals surface area (Å²) in [6, 6.07) is 4.16. The average molecular weight is 327 g/mol. The van der Waals surface area contributed by atoms with E-state index in [-0.39, 0.29) is 11.6 Å². The third-order valence-electron chi connectivity index (χ3n) is 2.47. The molecule has 102 valence electrons. The number of benzene rings is 1. The predicted molar refractivity (Wildman–Crippen MR) is 77.6 cm³/mol. The first kappa shape index (κ1) is 15.2. The number of amides is 2. The van der Waals surface area contributed by atoms with Gasteiger partial charge in [-0.25, -0.2) is 9.59 Å². The number of aromatic carboxylic acids is 1. The van der Waals surface area contributed by atoms with Crippen molar-refractivity contribution in [2.75, 3.05) is 18.9 Å². The summed E-state index contributed by atoms with van der Waals surface area (Å²) in [4.78, 5) is 24.2. The van der Waals surface area contributed by atoms with E-state index in [9.17, 15) is 9.59 Å². The van der Waals surface area contributed by atoms with Gasteiger partial charge in [-0.2, -0.15) is 0 Å². The van der Waals surface area contributed by atoms with Crippen LogP contribution in [0, 0.1) is 0 Å². The number of carbonyl (C=O) groups excluding carboxylic acids is 1. The Balaban J connectivity index is 2.80. The van der Waals surface area contributed by atoms with E-state index in [4.69, 9.17) is 5.11 Å². The van der Waals surface area contributed by atoms with Gasteiger partial charge in [-0.3, -0.25) is 0 Å². The summed E-state index contributed by atoms with van der Waals surface area (Å²) in [5.74, 6) is -1.04. The molecular formula is C13H15BrN2O3. The highest BCUT2D eigenvalue weighted by Gasteiger charge is 2.12. The first-order valence-electron chi connectivity index (χ1n) is 5.61. The monoisotopic (exact) mass is 326 g/mol. The molecule has 6 heteroatoms. The van der Waals surface area contributed by atoms with E-state index in [1.165, 1.54) is 17.0 Å². The third kappa shape index (κ3) is 4.40. The van der Waals surface area contributed by atoms with Crippen LogP contribution in [-0.2, 0) is 0 Å². The lowest BCUT2D eigenvalue weighted by Gasteiger charge is -2.17. The van der Waals surface area contributed by atoms with E-state index in [2.05, 4.69) is 27.8 Å². The van der Waals surface area contributed by atoms with Crippen LogP contribution in [0.4, 0.5) is 10.5 Å². The van der Waals surface area contributed by atoms with E-state index in [0.717, 1.165) is 0 Å². The summed E-state index contributed by atoms with van der Waals surface area (Å²) in [6.45, 7) is 4.14. The molecule has 2 N–H and O–H groups in total. The molecule has 0 spiro atoms. The Kier molecular flexibility index (Phi) is 5.57. The summed E-state index contributed by atoms with van der Waals surface area (Å²) in [7, 11) is 1.66. The fourth-order valence-corrected chi connectivity index (χ4v) is 1.70. The van der Waals surface area contributed by atoms with Gasteiger partial charge in [-0.15, -0.1) is 6.58 Å². The van der Waals surface area contributed by atoms with Gasteiger partial charge >= 0.3 is 12.0 Å². The van der Waals surface area contributed by atoms with Crippen molar-refractivity contribution in [3.63, 3.8) is 0 Å². The molecule has 5 nitrogen and oxygen atoms in total. The molecule has 0 heterocycles. The largest absolute Gasteiger partial charge is 0.478 e. The number of rotatable bonds is 5. The van der Waals surface area contributed by atoms with Crippen LogP contribution < -0.4 is 5.32 Å². The van der Waals surface area contributed by atoms with E-state index >= 15 is 0 Å². The summed E-state index contributed by atoms with van der Waals surface area (Å²) in [5, 5.41) is 11.6. The molecule has 0 radical (unpaired) electrons. The van der Waals surface area contributed by atoms with Crippen molar-refractivity contribution in [1.82, 2.24) is 4.90 Å². The number of anilines is 1. The zero-order valence-corrected chi connectivity index (χ0v) is 12.1. The smallest absolute Gasteiger partial charge is 0.335 e.